The molecule has 0 fully saturated rings. The third-order valence-electron chi connectivity index (χ3n) is 1.76. The zero-order valence-electron chi connectivity index (χ0n) is 7.69. The molecule has 12 heavy (non-hydrogen) atoms. The van der Waals surface area contributed by atoms with Crippen molar-refractivity contribution < 1.29 is 14.6 Å². The minimum atomic E-state index is -0.00110. The SMILES string of the molecule is CCC(CN(C=O)CCO)OC. The van der Waals surface area contributed by atoms with Crippen molar-refractivity contribution in [3.8, 4) is 0 Å². The van der Waals surface area contributed by atoms with Crippen molar-refractivity contribution in [3.63, 3.8) is 0 Å². The second kappa shape index (κ2) is 7.06. The van der Waals surface area contributed by atoms with E-state index in [2.05, 4.69) is 0 Å². The molecule has 0 aromatic rings. The van der Waals surface area contributed by atoms with Crippen LogP contribution < -0.4 is 0 Å². The highest BCUT2D eigenvalue weighted by Gasteiger charge is 2.08. The van der Waals surface area contributed by atoms with E-state index in [1.165, 1.54) is 4.90 Å². The molecule has 0 aliphatic carbocycles. The number of hydrogen-bond donors (Lipinski definition) is 1. The highest BCUT2D eigenvalue weighted by Crippen LogP contribution is 1.98. The third kappa shape index (κ3) is 4.31. The second-order valence-corrected chi connectivity index (χ2v) is 2.59. The van der Waals surface area contributed by atoms with Gasteiger partial charge in [-0.25, -0.2) is 0 Å². The van der Waals surface area contributed by atoms with E-state index in [1.54, 1.807) is 7.11 Å². The summed E-state index contributed by atoms with van der Waals surface area (Å²) in [7, 11) is 1.62. The number of carbonyl (C=O) groups excluding carboxylic acids is 1. The molecule has 0 aliphatic heterocycles. The van der Waals surface area contributed by atoms with Gasteiger partial charge < -0.3 is 14.7 Å². The first kappa shape index (κ1) is 11.4. The van der Waals surface area contributed by atoms with Crippen molar-refractivity contribution in [2.75, 3.05) is 26.8 Å². The summed E-state index contributed by atoms with van der Waals surface area (Å²) in [5.41, 5.74) is 0. The molecule has 4 nitrogen and oxygen atoms in total. The molecule has 1 unspecified atom stereocenters. The lowest BCUT2D eigenvalue weighted by molar-refractivity contribution is -0.120. The summed E-state index contributed by atoms with van der Waals surface area (Å²) >= 11 is 0. The van der Waals surface area contributed by atoms with Gasteiger partial charge in [-0.05, 0) is 6.42 Å². The van der Waals surface area contributed by atoms with Crippen LogP contribution in [0.25, 0.3) is 0 Å². The first-order valence-electron chi connectivity index (χ1n) is 4.11. The fraction of sp³-hybridized carbons (Fsp3) is 0.875. The number of hydrogen-bond acceptors (Lipinski definition) is 3. The molecular formula is C8H17NO3. The maximum absolute atomic E-state index is 10.4. The predicted molar refractivity (Wildman–Crippen MR) is 45.8 cm³/mol. The summed E-state index contributed by atoms with van der Waals surface area (Å²) < 4.78 is 5.10. The minimum absolute atomic E-state index is 0.00110. The van der Waals surface area contributed by atoms with E-state index in [4.69, 9.17) is 9.84 Å². The van der Waals surface area contributed by atoms with Crippen molar-refractivity contribution in [1.82, 2.24) is 4.90 Å². The van der Waals surface area contributed by atoms with Gasteiger partial charge in [0.05, 0.1) is 12.7 Å². The molecule has 4 heteroatoms. The van der Waals surface area contributed by atoms with Gasteiger partial charge in [-0.3, -0.25) is 4.79 Å². The lowest BCUT2D eigenvalue weighted by atomic mass is 10.2. The first-order valence-corrected chi connectivity index (χ1v) is 4.11. The van der Waals surface area contributed by atoms with Gasteiger partial charge in [0, 0.05) is 20.2 Å². The summed E-state index contributed by atoms with van der Waals surface area (Å²) in [5.74, 6) is 0. The van der Waals surface area contributed by atoms with Crippen LogP contribution in [0.1, 0.15) is 13.3 Å². The predicted octanol–water partition coefficient (Wildman–Crippen LogP) is -0.138. The van der Waals surface area contributed by atoms with Crippen LogP contribution in [0.2, 0.25) is 0 Å². The van der Waals surface area contributed by atoms with Crippen molar-refractivity contribution in [2.24, 2.45) is 0 Å². The minimum Gasteiger partial charge on any atom is -0.395 e. The Bertz CT molecular complexity index is 115. The average molecular weight is 175 g/mol. The van der Waals surface area contributed by atoms with Gasteiger partial charge >= 0.3 is 0 Å². The van der Waals surface area contributed by atoms with Crippen LogP contribution in [0.15, 0.2) is 0 Å². The van der Waals surface area contributed by atoms with E-state index in [1.807, 2.05) is 6.92 Å². The lowest BCUT2D eigenvalue weighted by Gasteiger charge is -2.21. The van der Waals surface area contributed by atoms with Gasteiger partial charge in [0.15, 0.2) is 0 Å². The fourth-order valence-electron chi connectivity index (χ4n) is 0.947. The number of nitrogens with zero attached hydrogens (tertiary/aromatic N) is 1. The van der Waals surface area contributed by atoms with Gasteiger partial charge in [-0.15, -0.1) is 0 Å². The highest BCUT2D eigenvalue weighted by atomic mass is 16.5. The molecule has 0 saturated carbocycles. The normalized spacial score (nSPS) is 12.6. The molecule has 0 aromatic carbocycles. The highest BCUT2D eigenvalue weighted by molar-refractivity contribution is 5.46. The largest absolute Gasteiger partial charge is 0.395 e. The molecule has 0 saturated heterocycles. The molecule has 0 heterocycles. The number of carbonyl (C=O) groups is 1. The molecule has 0 radical (unpaired) electrons. The quantitative estimate of drug-likeness (QED) is 0.548. The Balaban J connectivity index is 3.73. The smallest absolute Gasteiger partial charge is 0.209 e. The van der Waals surface area contributed by atoms with Crippen LogP contribution >= 0.6 is 0 Å². The Labute approximate surface area is 73.1 Å². The molecule has 1 amide bonds. The van der Waals surface area contributed by atoms with Crippen molar-refractivity contribution in [1.29, 1.82) is 0 Å². The van der Waals surface area contributed by atoms with Crippen molar-refractivity contribution >= 4 is 6.41 Å². The van der Waals surface area contributed by atoms with E-state index >= 15 is 0 Å². The third-order valence-corrected chi connectivity index (χ3v) is 1.76. The van der Waals surface area contributed by atoms with E-state index in [-0.39, 0.29) is 12.7 Å². The Hall–Kier alpha value is -0.610. The maximum Gasteiger partial charge on any atom is 0.209 e. The summed E-state index contributed by atoms with van der Waals surface area (Å²) in [4.78, 5) is 11.9. The zero-order valence-corrected chi connectivity index (χ0v) is 7.69. The Kier molecular flexibility index (Phi) is 6.70. The van der Waals surface area contributed by atoms with E-state index in [0.29, 0.717) is 13.1 Å². The summed E-state index contributed by atoms with van der Waals surface area (Å²) in [5, 5.41) is 8.58. The van der Waals surface area contributed by atoms with E-state index in [9.17, 15) is 4.79 Å². The Morgan fingerprint density at radius 2 is 2.33 bits per heavy atom. The van der Waals surface area contributed by atoms with Crippen molar-refractivity contribution in [3.05, 3.63) is 0 Å². The standard InChI is InChI=1S/C8H17NO3/c1-3-8(12-2)6-9(7-11)4-5-10/h7-8,10H,3-6H2,1-2H3. The fourth-order valence-corrected chi connectivity index (χ4v) is 0.947. The number of amides is 1. The summed E-state index contributed by atoms with van der Waals surface area (Å²) in [6.07, 6.45) is 1.67. The number of methoxy groups -OCH3 is 1. The van der Waals surface area contributed by atoms with Gasteiger partial charge in [0.2, 0.25) is 6.41 Å². The van der Waals surface area contributed by atoms with Gasteiger partial charge in [0.1, 0.15) is 0 Å². The molecular weight excluding hydrogens is 158 g/mol. The number of aliphatic hydroxyl groups is 1. The average Bonchev–Trinajstić information content (AvgIpc) is 2.12. The van der Waals surface area contributed by atoms with Crippen LogP contribution in [-0.2, 0) is 9.53 Å². The van der Waals surface area contributed by atoms with Crippen LogP contribution in [-0.4, -0.2) is 49.3 Å². The number of rotatable bonds is 7. The van der Waals surface area contributed by atoms with Crippen LogP contribution in [0.4, 0.5) is 0 Å². The van der Waals surface area contributed by atoms with E-state index in [0.717, 1.165) is 12.8 Å². The van der Waals surface area contributed by atoms with Gasteiger partial charge in [-0.1, -0.05) is 6.92 Å². The monoisotopic (exact) mass is 175 g/mol. The maximum atomic E-state index is 10.4. The molecule has 0 aromatic heterocycles. The Morgan fingerprint density at radius 3 is 2.67 bits per heavy atom. The van der Waals surface area contributed by atoms with Crippen LogP contribution in [0, 0.1) is 0 Å². The molecule has 72 valence electrons. The van der Waals surface area contributed by atoms with Gasteiger partial charge in [-0.2, -0.15) is 0 Å². The first-order chi connectivity index (χ1) is 5.78. The topological polar surface area (TPSA) is 49.8 Å². The molecule has 0 spiro atoms. The summed E-state index contributed by atoms with van der Waals surface area (Å²) in [6.45, 7) is 2.93. The molecule has 1 atom stereocenters. The zero-order chi connectivity index (χ0) is 9.40. The number of aliphatic hydroxyl groups excluding tert-OH is 1. The molecule has 0 bridgehead atoms. The molecule has 0 rings (SSSR count). The van der Waals surface area contributed by atoms with E-state index < -0.39 is 0 Å². The molecule has 0 aliphatic rings. The molecule has 1 N–H and O–H groups in total. The van der Waals surface area contributed by atoms with Crippen molar-refractivity contribution in [2.45, 2.75) is 19.4 Å². The van der Waals surface area contributed by atoms with Crippen LogP contribution in [0.5, 0.6) is 0 Å². The van der Waals surface area contributed by atoms with Gasteiger partial charge in [0.25, 0.3) is 0 Å². The number of ether oxygens (including phenoxy) is 1. The Morgan fingerprint density at radius 1 is 1.67 bits per heavy atom. The lowest BCUT2D eigenvalue weighted by Crippen LogP contribution is -2.34. The second-order valence-electron chi connectivity index (χ2n) is 2.59. The summed E-state index contributed by atoms with van der Waals surface area (Å²) in [6, 6.07) is 0. The van der Waals surface area contributed by atoms with Crippen LogP contribution in [0.3, 0.4) is 0 Å².